The third-order valence-electron chi connectivity index (χ3n) is 2.59. The second-order valence-electron chi connectivity index (χ2n) is 3.77. The summed E-state index contributed by atoms with van der Waals surface area (Å²) in [6.07, 6.45) is 1.86. The van der Waals surface area contributed by atoms with Crippen molar-refractivity contribution in [1.82, 2.24) is 9.88 Å². The molecular formula is C11H16ClN3S2. The number of hydrogen-bond acceptors (Lipinski definition) is 5. The van der Waals surface area contributed by atoms with Gasteiger partial charge in [-0.05, 0) is 25.4 Å². The first-order valence-corrected chi connectivity index (χ1v) is 6.80. The Morgan fingerprint density at radius 2 is 2.29 bits per heavy atom. The van der Waals surface area contributed by atoms with E-state index in [2.05, 4.69) is 41.4 Å². The van der Waals surface area contributed by atoms with Crippen molar-refractivity contribution in [2.24, 2.45) is 0 Å². The van der Waals surface area contributed by atoms with Crippen molar-refractivity contribution in [2.75, 3.05) is 12.8 Å². The predicted octanol–water partition coefficient (Wildman–Crippen LogP) is 3.40. The van der Waals surface area contributed by atoms with Crippen molar-refractivity contribution in [2.45, 2.75) is 19.5 Å². The molecule has 0 bridgehead atoms. The summed E-state index contributed by atoms with van der Waals surface area (Å²) in [6.45, 7) is 3.12. The molecule has 0 spiro atoms. The summed E-state index contributed by atoms with van der Waals surface area (Å²) >= 11 is 3.36. The van der Waals surface area contributed by atoms with E-state index in [4.69, 9.17) is 5.73 Å². The zero-order valence-electron chi connectivity index (χ0n) is 9.79. The average molecular weight is 290 g/mol. The third kappa shape index (κ3) is 3.67. The van der Waals surface area contributed by atoms with E-state index in [1.165, 1.54) is 9.75 Å². The number of rotatable bonds is 4. The Labute approximate surface area is 116 Å². The highest BCUT2D eigenvalue weighted by molar-refractivity contribution is 7.15. The molecule has 0 aliphatic heterocycles. The van der Waals surface area contributed by atoms with Gasteiger partial charge in [0.25, 0.3) is 0 Å². The van der Waals surface area contributed by atoms with Crippen LogP contribution in [-0.4, -0.2) is 16.9 Å². The molecule has 0 radical (unpaired) electrons. The standard InChI is InChI=1S/C11H15N3S2.ClH/c1-8(10-4-3-5-15-10)14(2)7-9-6-13-11(12)16-9;/h3-6,8H,7H2,1-2H3,(H2,12,13);1H. The van der Waals surface area contributed by atoms with Crippen molar-refractivity contribution < 1.29 is 0 Å². The molecule has 0 aliphatic rings. The molecule has 6 heteroatoms. The fourth-order valence-electron chi connectivity index (χ4n) is 1.52. The van der Waals surface area contributed by atoms with E-state index in [-0.39, 0.29) is 12.4 Å². The lowest BCUT2D eigenvalue weighted by Gasteiger charge is -2.22. The molecule has 17 heavy (non-hydrogen) atoms. The van der Waals surface area contributed by atoms with Crippen LogP contribution in [0.2, 0.25) is 0 Å². The van der Waals surface area contributed by atoms with Gasteiger partial charge in [-0.3, -0.25) is 4.90 Å². The van der Waals surface area contributed by atoms with Gasteiger partial charge in [0.15, 0.2) is 5.13 Å². The number of aromatic nitrogens is 1. The summed E-state index contributed by atoms with van der Waals surface area (Å²) in [6, 6.07) is 4.70. The molecule has 3 nitrogen and oxygen atoms in total. The summed E-state index contributed by atoms with van der Waals surface area (Å²) in [4.78, 5) is 8.97. The lowest BCUT2D eigenvalue weighted by Crippen LogP contribution is -2.20. The lowest BCUT2D eigenvalue weighted by atomic mass is 10.2. The van der Waals surface area contributed by atoms with Gasteiger partial charge in [-0.2, -0.15) is 0 Å². The fraction of sp³-hybridized carbons (Fsp3) is 0.364. The summed E-state index contributed by atoms with van der Waals surface area (Å²) in [5, 5.41) is 2.76. The minimum Gasteiger partial charge on any atom is -0.375 e. The van der Waals surface area contributed by atoms with Crippen LogP contribution in [0.25, 0.3) is 0 Å². The molecule has 0 aliphatic carbocycles. The quantitative estimate of drug-likeness (QED) is 0.938. The van der Waals surface area contributed by atoms with Crippen LogP contribution in [0.3, 0.4) is 0 Å². The van der Waals surface area contributed by atoms with Crippen LogP contribution in [0, 0.1) is 0 Å². The maximum atomic E-state index is 5.62. The van der Waals surface area contributed by atoms with Gasteiger partial charge >= 0.3 is 0 Å². The zero-order chi connectivity index (χ0) is 11.5. The SMILES string of the molecule is CC(c1cccs1)N(C)Cc1cnc(N)s1.Cl. The van der Waals surface area contributed by atoms with Crippen LogP contribution in [0.4, 0.5) is 5.13 Å². The molecule has 0 aromatic carbocycles. The molecule has 1 atom stereocenters. The molecule has 0 saturated carbocycles. The van der Waals surface area contributed by atoms with E-state index < -0.39 is 0 Å². The highest BCUT2D eigenvalue weighted by Gasteiger charge is 2.13. The van der Waals surface area contributed by atoms with Crippen molar-refractivity contribution >= 4 is 40.2 Å². The molecule has 2 N–H and O–H groups in total. The molecule has 2 aromatic heterocycles. The first-order chi connectivity index (χ1) is 7.66. The minimum atomic E-state index is 0. The summed E-state index contributed by atoms with van der Waals surface area (Å²) in [5.74, 6) is 0. The average Bonchev–Trinajstić information content (AvgIpc) is 2.88. The van der Waals surface area contributed by atoms with Crippen LogP contribution in [0.15, 0.2) is 23.7 Å². The van der Waals surface area contributed by atoms with Gasteiger partial charge in [0.1, 0.15) is 0 Å². The van der Waals surface area contributed by atoms with Crippen molar-refractivity contribution in [3.8, 4) is 0 Å². The first kappa shape index (κ1) is 14.4. The molecule has 2 rings (SSSR count). The van der Waals surface area contributed by atoms with Crippen LogP contribution in [-0.2, 0) is 6.54 Å². The first-order valence-electron chi connectivity index (χ1n) is 5.10. The predicted molar refractivity (Wildman–Crippen MR) is 78.0 cm³/mol. The van der Waals surface area contributed by atoms with Gasteiger partial charge in [0.05, 0.1) is 0 Å². The number of halogens is 1. The molecule has 1 unspecified atom stereocenters. The monoisotopic (exact) mass is 289 g/mol. The van der Waals surface area contributed by atoms with Crippen molar-refractivity contribution in [1.29, 1.82) is 0 Å². The number of hydrogen-bond donors (Lipinski definition) is 1. The normalized spacial score (nSPS) is 12.4. The molecule has 2 aromatic rings. The van der Waals surface area contributed by atoms with E-state index in [1.807, 2.05) is 6.20 Å². The molecule has 0 fully saturated rings. The van der Waals surface area contributed by atoms with Crippen LogP contribution in [0.1, 0.15) is 22.7 Å². The number of thiazole rings is 1. The highest BCUT2D eigenvalue weighted by atomic mass is 35.5. The smallest absolute Gasteiger partial charge is 0.180 e. The van der Waals surface area contributed by atoms with Crippen LogP contribution < -0.4 is 5.73 Å². The maximum absolute atomic E-state index is 5.62. The largest absolute Gasteiger partial charge is 0.375 e. The number of nitrogens with zero attached hydrogens (tertiary/aromatic N) is 2. The molecule has 0 amide bonds. The number of anilines is 1. The third-order valence-corrected chi connectivity index (χ3v) is 4.45. The second kappa shape index (κ2) is 6.35. The Morgan fingerprint density at radius 3 is 2.82 bits per heavy atom. The Morgan fingerprint density at radius 1 is 1.53 bits per heavy atom. The van der Waals surface area contributed by atoms with Crippen LogP contribution in [0.5, 0.6) is 0 Å². The number of thiophene rings is 1. The van der Waals surface area contributed by atoms with Crippen molar-refractivity contribution in [3.05, 3.63) is 33.5 Å². The zero-order valence-corrected chi connectivity index (χ0v) is 12.2. The van der Waals surface area contributed by atoms with Gasteiger partial charge in [0.2, 0.25) is 0 Å². The fourth-order valence-corrected chi connectivity index (χ4v) is 3.12. The van der Waals surface area contributed by atoms with Gasteiger partial charge in [-0.15, -0.1) is 35.1 Å². The Balaban J connectivity index is 0.00000144. The van der Waals surface area contributed by atoms with Crippen LogP contribution >= 0.6 is 35.1 Å². The van der Waals surface area contributed by atoms with Crippen molar-refractivity contribution in [3.63, 3.8) is 0 Å². The maximum Gasteiger partial charge on any atom is 0.180 e. The van der Waals surface area contributed by atoms with E-state index in [9.17, 15) is 0 Å². The van der Waals surface area contributed by atoms with Gasteiger partial charge in [-0.1, -0.05) is 6.07 Å². The molecule has 94 valence electrons. The number of nitrogen functional groups attached to an aromatic ring is 1. The molecule has 0 saturated heterocycles. The Kier molecular flexibility index (Phi) is 5.39. The Hall–Kier alpha value is -0.620. The van der Waals surface area contributed by atoms with E-state index in [0.29, 0.717) is 11.2 Å². The summed E-state index contributed by atoms with van der Waals surface area (Å²) in [7, 11) is 2.13. The lowest BCUT2D eigenvalue weighted by molar-refractivity contribution is 0.258. The molecule has 2 heterocycles. The molecular weight excluding hydrogens is 274 g/mol. The van der Waals surface area contributed by atoms with Gasteiger partial charge < -0.3 is 5.73 Å². The number of nitrogens with two attached hydrogens (primary N) is 1. The highest BCUT2D eigenvalue weighted by Crippen LogP contribution is 2.26. The van der Waals surface area contributed by atoms with Gasteiger partial charge in [0, 0.05) is 28.5 Å². The van der Waals surface area contributed by atoms with E-state index in [1.54, 1.807) is 22.7 Å². The summed E-state index contributed by atoms with van der Waals surface area (Å²) < 4.78 is 0. The van der Waals surface area contributed by atoms with E-state index in [0.717, 1.165) is 6.54 Å². The minimum absolute atomic E-state index is 0. The van der Waals surface area contributed by atoms with E-state index >= 15 is 0 Å². The van der Waals surface area contributed by atoms with Gasteiger partial charge in [-0.25, -0.2) is 4.98 Å². The Bertz CT molecular complexity index is 441. The second-order valence-corrected chi connectivity index (χ2v) is 5.90. The topological polar surface area (TPSA) is 42.2 Å². The summed E-state index contributed by atoms with van der Waals surface area (Å²) in [5.41, 5.74) is 5.62.